The Bertz CT molecular complexity index is 936. The van der Waals surface area contributed by atoms with Crippen LogP contribution < -0.4 is 10.9 Å². The van der Waals surface area contributed by atoms with Gasteiger partial charge in [0.1, 0.15) is 0 Å². The summed E-state index contributed by atoms with van der Waals surface area (Å²) < 4.78 is 1.81. The van der Waals surface area contributed by atoms with Crippen LogP contribution in [-0.4, -0.2) is 37.8 Å². The highest BCUT2D eigenvalue weighted by molar-refractivity contribution is 7.99. The third-order valence-electron chi connectivity index (χ3n) is 3.87. The largest absolute Gasteiger partial charge is 0.355 e. The van der Waals surface area contributed by atoms with Crippen molar-refractivity contribution in [3.8, 4) is 0 Å². The molecule has 0 spiro atoms. The van der Waals surface area contributed by atoms with Crippen molar-refractivity contribution >= 4 is 23.4 Å². The zero-order valence-electron chi connectivity index (χ0n) is 14.6. The van der Waals surface area contributed by atoms with Crippen LogP contribution in [0.2, 0.25) is 0 Å². The van der Waals surface area contributed by atoms with Crippen molar-refractivity contribution in [2.24, 2.45) is 0 Å². The number of carbonyl (C=O) groups is 1. The molecule has 8 heteroatoms. The maximum absolute atomic E-state index is 12.1. The number of H-pyrrole nitrogens is 1. The quantitative estimate of drug-likeness (QED) is 0.589. The van der Waals surface area contributed by atoms with Crippen molar-refractivity contribution in [2.75, 3.05) is 12.3 Å². The maximum atomic E-state index is 12.1. The summed E-state index contributed by atoms with van der Waals surface area (Å²) in [6.07, 6.45) is 2.45. The second-order valence-electron chi connectivity index (χ2n) is 5.89. The van der Waals surface area contributed by atoms with E-state index >= 15 is 0 Å². The molecule has 2 N–H and O–H groups in total. The van der Waals surface area contributed by atoms with E-state index in [0.29, 0.717) is 17.5 Å². The lowest BCUT2D eigenvalue weighted by molar-refractivity contribution is -0.118. The number of fused-ring (bicyclic) bond motifs is 1. The number of aromatic nitrogens is 4. The Morgan fingerprint density at radius 3 is 2.81 bits per heavy atom. The lowest BCUT2D eigenvalue weighted by Gasteiger charge is -2.07. The molecule has 3 rings (SSSR count). The molecule has 0 unspecified atom stereocenters. The zero-order chi connectivity index (χ0) is 18.4. The van der Waals surface area contributed by atoms with Gasteiger partial charge >= 0.3 is 0 Å². The van der Waals surface area contributed by atoms with Gasteiger partial charge in [0, 0.05) is 18.3 Å². The summed E-state index contributed by atoms with van der Waals surface area (Å²) in [7, 11) is 0. The molecule has 2 aromatic heterocycles. The van der Waals surface area contributed by atoms with Crippen LogP contribution in [0, 0.1) is 0 Å². The monoisotopic (exact) mass is 371 g/mol. The molecule has 0 saturated carbocycles. The van der Waals surface area contributed by atoms with Crippen LogP contribution >= 0.6 is 11.8 Å². The Balaban J connectivity index is 1.59. The highest BCUT2D eigenvalue weighted by Crippen LogP contribution is 2.17. The standard InChI is InChI=1S/C18H21N5O2S/c1-2-6-14-11-15(24)20-17-21-22-18(23(14)17)26-12-16(25)19-10-9-13-7-4-3-5-8-13/h3-5,7-8,11H,2,6,9-10,12H2,1H3,(H,19,25)(H,20,21,24). The molecule has 1 amide bonds. The summed E-state index contributed by atoms with van der Waals surface area (Å²) >= 11 is 1.31. The number of nitrogens with one attached hydrogen (secondary N) is 2. The fourth-order valence-corrected chi connectivity index (χ4v) is 3.47. The van der Waals surface area contributed by atoms with E-state index in [0.717, 1.165) is 25.0 Å². The van der Waals surface area contributed by atoms with E-state index in [2.05, 4.69) is 20.5 Å². The van der Waals surface area contributed by atoms with Crippen molar-refractivity contribution in [3.63, 3.8) is 0 Å². The van der Waals surface area contributed by atoms with E-state index in [1.165, 1.54) is 17.3 Å². The summed E-state index contributed by atoms with van der Waals surface area (Å²) in [6, 6.07) is 11.6. The van der Waals surface area contributed by atoms with Crippen LogP contribution in [0.5, 0.6) is 0 Å². The number of rotatable bonds is 8. The molecule has 0 atom stereocenters. The third-order valence-corrected chi connectivity index (χ3v) is 4.80. The number of benzene rings is 1. The number of aryl methyl sites for hydroxylation is 1. The first-order valence-corrected chi connectivity index (χ1v) is 9.56. The van der Waals surface area contributed by atoms with E-state index in [4.69, 9.17) is 0 Å². The zero-order valence-corrected chi connectivity index (χ0v) is 15.4. The second kappa shape index (κ2) is 8.66. The van der Waals surface area contributed by atoms with Crippen molar-refractivity contribution in [2.45, 2.75) is 31.3 Å². The Kier molecular flexibility index (Phi) is 6.06. The van der Waals surface area contributed by atoms with Gasteiger partial charge in [0.05, 0.1) is 5.75 Å². The van der Waals surface area contributed by atoms with Gasteiger partial charge in [-0.2, -0.15) is 0 Å². The van der Waals surface area contributed by atoms with Crippen molar-refractivity contribution < 1.29 is 4.79 Å². The SMILES string of the molecule is CCCc1cc(=O)[nH]c2nnc(SCC(=O)NCCc3ccccc3)n12. The van der Waals surface area contributed by atoms with Crippen molar-refractivity contribution in [3.05, 3.63) is 58.0 Å². The average molecular weight is 371 g/mol. The maximum Gasteiger partial charge on any atom is 0.252 e. The summed E-state index contributed by atoms with van der Waals surface area (Å²) in [6.45, 7) is 2.64. The molecular formula is C18H21N5O2S. The van der Waals surface area contributed by atoms with Gasteiger partial charge in [0.15, 0.2) is 5.16 Å². The predicted molar refractivity (Wildman–Crippen MR) is 101 cm³/mol. The summed E-state index contributed by atoms with van der Waals surface area (Å²) in [5, 5.41) is 11.6. The molecule has 0 fully saturated rings. The van der Waals surface area contributed by atoms with Crippen molar-refractivity contribution in [1.82, 2.24) is 24.9 Å². The van der Waals surface area contributed by atoms with E-state index in [9.17, 15) is 9.59 Å². The van der Waals surface area contributed by atoms with E-state index in [1.54, 1.807) is 6.07 Å². The smallest absolute Gasteiger partial charge is 0.252 e. The molecule has 7 nitrogen and oxygen atoms in total. The number of hydrogen-bond acceptors (Lipinski definition) is 5. The number of aromatic amines is 1. The first kappa shape index (κ1) is 18.2. The van der Waals surface area contributed by atoms with Crippen LogP contribution in [0.1, 0.15) is 24.6 Å². The van der Waals surface area contributed by atoms with Gasteiger partial charge in [-0.05, 0) is 18.4 Å². The number of thioether (sulfide) groups is 1. The molecule has 0 saturated heterocycles. The molecule has 2 heterocycles. The lowest BCUT2D eigenvalue weighted by Crippen LogP contribution is -2.27. The normalized spacial score (nSPS) is 11.0. The van der Waals surface area contributed by atoms with E-state index in [1.807, 2.05) is 41.7 Å². The highest BCUT2D eigenvalue weighted by atomic mass is 32.2. The van der Waals surface area contributed by atoms with Crippen LogP contribution in [0.15, 0.2) is 46.3 Å². The Labute approximate surface area is 155 Å². The summed E-state index contributed by atoms with van der Waals surface area (Å²) in [4.78, 5) is 26.4. The minimum Gasteiger partial charge on any atom is -0.355 e. The number of nitrogens with zero attached hydrogens (tertiary/aromatic N) is 3. The van der Waals surface area contributed by atoms with E-state index < -0.39 is 0 Å². The van der Waals surface area contributed by atoms with Crippen molar-refractivity contribution in [1.29, 1.82) is 0 Å². The van der Waals surface area contributed by atoms with Crippen LogP contribution in [-0.2, 0) is 17.6 Å². The summed E-state index contributed by atoms with van der Waals surface area (Å²) in [5.74, 6) is 0.609. The molecule has 136 valence electrons. The molecule has 1 aromatic carbocycles. The molecule has 0 aliphatic rings. The predicted octanol–water partition coefficient (Wildman–Crippen LogP) is 1.82. The Morgan fingerprint density at radius 1 is 1.23 bits per heavy atom. The molecule has 0 aliphatic carbocycles. The molecule has 26 heavy (non-hydrogen) atoms. The molecule has 0 radical (unpaired) electrons. The average Bonchev–Trinajstić information content (AvgIpc) is 3.04. The topological polar surface area (TPSA) is 92.2 Å². The van der Waals surface area contributed by atoms with Gasteiger partial charge in [0.2, 0.25) is 11.7 Å². The summed E-state index contributed by atoms with van der Waals surface area (Å²) in [5.41, 5.74) is 1.85. The molecule has 3 aromatic rings. The third kappa shape index (κ3) is 4.51. The number of hydrogen-bond donors (Lipinski definition) is 2. The fraction of sp³-hybridized carbons (Fsp3) is 0.333. The van der Waals surface area contributed by atoms with Gasteiger partial charge in [0.25, 0.3) is 5.56 Å². The number of amides is 1. The van der Waals surface area contributed by atoms with Gasteiger partial charge in [-0.1, -0.05) is 55.4 Å². The Morgan fingerprint density at radius 2 is 2.04 bits per heavy atom. The van der Waals surface area contributed by atoms with Gasteiger partial charge < -0.3 is 5.32 Å². The number of carbonyl (C=O) groups excluding carboxylic acids is 1. The molecular weight excluding hydrogens is 350 g/mol. The Hall–Kier alpha value is -2.61. The molecule has 0 bridgehead atoms. The minimum atomic E-state index is -0.191. The first-order valence-electron chi connectivity index (χ1n) is 8.58. The van der Waals surface area contributed by atoms with Crippen LogP contribution in [0.4, 0.5) is 0 Å². The van der Waals surface area contributed by atoms with Crippen LogP contribution in [0.25, 0.3) is 5.78 Å². The lowest BCUT2D eigenvalue weighted by atomic mass is 10.1. The van der Waals surface area contributed by atoms with E-state index in [-0.39, 0.29) is 17.2 Å². The minimum absolute atomic E-state index is 0.0517. The highest BCUT2D eigenvalue weighted by Gasteiger charge is 2.13. The first-order chi connectivity index (χ1) is 12.7. The molecule has 0 aliphatic heterocycles. The second-order valence-corrected chi connectivity index (χ2v) is 6.83. The van der Waals surface area contributed by atoms with Gasteiger partial charge in [-0.25, -0.2) is 0 Å². The van der Waals surface area contributed by atoms with Gasteiger partial charge in [-0.15, -0.1) is 10.2 Å². The van der Waals surface area contributed by atoms with Crippen LogP contribution in [0.3, 0.4) is 0 Å². The fourth-order valence-electron chi connectivity index (χ4n) is 2.68. The van der Waals surface area contributed by atoms with Gasteiger partial charge in [-0.3, -0.25) is 19.0 Å².